The van der Waals surface area contributed by atoms with E-state index in [2.05, 4.69) is 15.6 Å². The zero-order valence-corrected chi connectivity index (χ0v) is 11.4. The Labute approximate surface area is 112 Å². The summed E-state index contributed by atoms with van der Waals surface area (Å²) in [6.45, 7) is 2.75. The summed E-state index contributed by atoms with van der Waals surface area (Å²) in [6, 6.07) is 0.598. The first-order chi connectivity index (χ1) is 8.86. The molecule has 2 unspecified atom stereocenters. The molecule has 3 heterocycles. The SMILES string of the molecule is c1cn(CCNC2CCOC3(CCSC3)C2)nn1. The topological polar surface area (TPSA) is 52.0 Å². The Hall–Kier alpha value is -0.590. The predicted molar refractivity (Wildman–Crippen MR) is 71.7 cm³/mol. The first-order valence-corrected chi connectivity index (χ1v) is 7.81. The fourth-order valence-electron chi connectivity index (χ4n) is 2.80. The Morgan fingerprint density at radius 2 is 2.56 bits per heavy atom. The molecular weight excluding hydrogens is 248 g/mol. The molecule has 0 saturated carbocycles. The molecule has 0 aliphatic carbocycles. The minimum atomic E-state index is 0.174. The predicted octanol–water partition coefficient (Wildman–Crippen LogP) is 0.922. The van der Waals surface area contributed by atoms with E-state index < -0.39 is 0 Å². The maximum absolute atomic E-state index is 6.02. The zero-order valence-electron chi connectivity index (χ0n) is 10.5. The van der Waals surface area contributed by atoms with Crippen LogP contribution in [0.2, 0.25) is 0 Å². The summed E-state index contributed by atoms with van der Waals surface area (Å²) in [5, 5.41) is 11.4. The van der Waals surface area contributed by atoms with E-state index in [9.17, 15) is 0 Å². The molecule has 2 saturated heterocycles. The van der Waals surface area contributed by atoms with Gasteiger partial charge in [0.25, 0.3) is 0 Å². The Bertz CT molecular complexity index is 364. The molecule has 6 heteroatoms. The average molecular weight is 268 g/mol. The molecule has 0 aromatic carbocycles. The number of nitrogens with one attached hydrogen (secondary N) is 1. The van der Waals surface area contributed by atoms with E-state index in [-0.39, 0.29) is 5.60 Å². The van der Waals surface area contributed by atoms with Gasteiger partial charge in [-0.05, 0) is 25.0 Å². The Kier molecular flexibility index (Phi) is 3.86. The van der Waals surface area contributed by atoms with Crippen LogP contribution in [0.3, 0.4) is 0 Å². The smallest absolute Gasteiger partial charge is 0.0795 e. The monoisotopic (exact) mass is 268 g/mol. The van der Waals surface area contributed by atoms with Crippen LogP contribution < -0.4 is 5.32 Å². The van der Waals surface area contributed by atoms with Crippen molar-refractivity contribution in [2.24, 2.45) is 0 Å². The van der Waals surface area contributed by atoms with Crippen LogP contribution >= 0.6 is 11.8 Å². The minimum Gasteiger partial charge on any atom is -0.374 e. The summed E-state index contributed by atoms with van der Waals surface area (Å²) in [6.07, 6.45) is 7.14. The van der Waals surface area contributed by atoms with Gasteiger partial charge < -0.3 is 10.1 Å². The quantitative estimate of drug-likeness (QED) is 0.880. The standard InChI is InChI=1S/C12H20N4OS/c1-7-17-12(2-8-18-10-12)9-11(1)13-3-5-16-6-4-14-15-16/h4,6,11,13H,1-3,5,7-10H2. The lowest BCUT2D eigenvalue weighted by atomic mass is 9.90. The van der Waals surface area contributed by atoms with Gasteiger partial charge in [-0.2, -0.15) is 11.8 Å². The van der Waals surface area contributed by atoms with Crippen molar-refractivity contribution in [1.29, 1.82) is 0 Å². The molecule has 0 radical (unpaired) electrons. The van der Waals surface area contributed by atoms with Crippen molar-refractivity contribution < 1.29 is 4.74 Å². The first-order valence-electron chi connectivity index (χ1n) is 6.66. The van der Waals surface area contributed by atoms with Crippen LogP contribution in [-0.4, -0.2) is 51.3 Å². The Morgan fingerprint density at radius 1 is 1.56 bits per heavy atom. The van der Waals surface area contributed by atoms with E-state index in [0.717, 1.165) is 32.5 Å². The van der Waals surface area contributed by atoms with E-state index in [1.165, 1.54) is 17.9 Å². The second-order valence-corrected chi connectivity index (χ2v) is 6.25. The van der Waals surface area contributed by atoms with Crippen LogP contribution in [0.25, 0.3) is 0 Å². The van der Waals surface area contributed by atoms with Crippen LogP contribution in [0.4, 0.5) is 0 Å². The van der Waals surface area contributed by atoms with Gasteiger partial charge in [-0.15, -0.1) is 5.10 Å². The van der Waals surface area contributed by atoms with Gasteiger partial charge in [-0.3, -0.25) is 4.68 Å². The average Bonchev–Trinajstić information content (AvgIpc) is 3.02. The largest absolute Gasteiger partial charge is 0.374 e. The summed E-state index contributed by atoms with van der Waals surface area (Å²) in [5.74, 6) is 2.43. The number of thioether (sulfide) groups is 1. The summed E-state index contributed by atoms with van der Waals surface area (Å²) >= 11 is 2.03. The molecule has 100 valence electrons. The summed E-state index contributed by atoms with van der Waals surface area (Å²) < 4.78 is 7.89. The first kappa shape index (κ1) is 12.4. The highest BCUT2D eigenvalue weighted by Crippen LogP contribution is 2.38. The Morgan fingerprint density at radius 3 is 3.33 bits per heavy atom. The molecule has 2 aliphatic heterocycles. The van der Waals surface area contributed by atoms with Crippen LogP contribution in [0.15, 0.2) is 12.4 Å². The molecule has 18 heavy (non-hydrogen) atoms. The van der Waals surface area contributed by atoms with Gasteiger partial charge in [-0.25, -0.2) is 0 Å². The van der Waals surface area contributed by atoms with Crippen molar-refractivity contribution in [3.8, 4) is 0 Å². The summed E-state index contributed by atoms with van der Waals surface area (Å²) in [7, 11) is 0. The van der Waals surface area contributed by atoms with Crippen LogP contribution in [0.1, 0.15) is 19.3 Å². The van der Waals surface area contributed by atoms with Crippen LogP contribution in [0.5, 0.6) is 0 Å². The molecule has 0 amide bonds. The van der Waals surface area contributed by atoms with Gasteiger partial charge in [0.05, 0.1) is 18.3 Å². The molecule has 1 aromatic heterocycles. The van der Waals surface area contributed by atoms with Crippen LogP contribution in [-0.2, 0) is 11.3 Å². The lowest BCUT2D eigenvalue weighted by Gasteiger charge is -2.38. The highest BCUT2D eigenvalue weighted by atomic mass is 32.2. The maximum Gasteiger partial charge on any atom is 0.0795 e. The van der Waals surface area contributed by atoms with Crippen molar-refractivity contribution >= 4 is 11.8 Å². The highest BCUT2D eigenvalue weighted by molar-refractivity contribution is 7.99. The van der Waals surface area contributed by atoms with E-state index in [1.54, 1.807) is 6.20 Å². The fraction of sp³-hybridized carbons (Fsp3) is 0.833. The molecule has 0 bridgehead atoms. The molecule has 1 spiro atoms. The summed E-state index contributed by atoms with van der Waals surface area (Å²) in [5.41, 5.74) is 0.174. The summed E-state index contributed by atoms with van der Waals surface area (Å²) in [4.78, 5) is 0. The van der Waals surface area contributed by atoms with Gasteiger partial charge in [-0.1, -0.05) is 5.21 Å². The van der Waals surface area contributed by atoms with Crippen molar-refractivity contribution in [3.05, 3.63) is 12.4 Å². The molecule has 5 nitrogen and oxygen atoms in total. The number of aromatic nitrogens is 3. The fourth-order valence-corrected chi connectivity index (χ4v) is 4.18. The van der Waals surface area contributed by atoms with E-state index in [0.29, 0.717) is 6.04 Å². The third kappa shape index (κ3) is 2.87. The number of ether oxygens (including phenoxy) is 1. The van der Waals surface area contributed by atoms with Crippen LogP contribution in [0, 0.1) is 0 Å². The Balaban J connectivity index is 1.45. The van der Waals surface area contributed by atoms with E-state index in [4.69, 9.17) is 4.74 Å². The van der Waals surface area contributed by atoms with Gasteiger partial charge in [0, 0.05) is 31.1 Å². The molecule has 1 N–H and O–H groups in total. The molecule has 2 fully saturated rings. The maximum atomic E-state index is 6.02. The number of rotatable bonds is 4. The number of hydrogen-bond acceptors (Lipinski definition) is 5. The van der Waals surface area contributed by atoms with Gasteiger partial charge in [0.2, 0.25) is 0 Å². The molecule has 3 rings (SSSR count). The van der Waals surface area contributed by atoms with E-state index >= 15 is 0 Å². The van der Waals surface area contributed by atoms with Gasteiger partial charge >= 0.3 is 0 Å². The zero-order chi connectivity index (χ0) is 12.3. The van der Waals surface area contributed by atoms with Crippen molar-refractivity contribution in [1.82, 2.24) is 20.3 Å². The second-order valence-electron chi connectivity index (χ2n) is 5.14. The number of nitrogens with zero attached hydrogens (tertiary/aromatic N) is 3. The third-order valence-electron chi connectivity index (χ3n) is 3.81. The normalized spacial score (nSPS) is 32.1. The molecule has 2 aliphatic rings. The van der Waals surface area contributed by atoms with Crippen molar-refractivity contribution in [3.63, 3.8) is 0 Å². The van der Waals surface area contributed by atoms with E-state index in [1.807, 2.05) is 22.6 Å². The second kappa shape index (κ2) is 5.59. The van der Waals surface area contributed by atoms with Crippen molar-refractivity contribution in [2.45, 2.75) is 37.5 Å². The lowest BCUT2D eigenvalue weighted by molar-refractivity contribution is -0.0701. The molecular formula is C12H20N4OS. The highest BCUT2D eigenvalue weighted by Gasteiger charge is 2.40. The number of hydrogen-bond donors (Lipinski definition) is 1. The molecule has 1 aromatic rings. The third-order valence-corrected chi connectivity index (χ3v) is 5.03. The lowest BCUT2D eigenvalue weighted by Crippen LogP contribution is -2.47. The van der Waals surface area contributed by atoms with Gasteiger partial charge in [0.1, 0.15) is 0 Å². The van der Waals surface area contributed by atoms with Gasteiger partial charge in [0.15, 0.2) is 0 Å². The van der Waals surface area contributed by atoms with Crippen molar-refractivity contribution in [2.75, 3.05) is 24.7 Å². The molecule has 2 atom stereocenters. The minimum absolute atomic E-state index is 0.174.